The maximum atomic E-state index is 13.1. The fraction of sp³-hybridized carbons (Fsp3) is 0.235. The number of carbonyl (C=O) groups is 1. The summed E-state index contributed by atoms with van der Waals surface area (Å²) in [6, 6.07) is 14.0. The lowest BCUT2D eigenvalue weighted by Crippen LogP contribution is -2.29. The molecule has 0 aromatic heterocycles. The number of ether oxygens (including phenoxy) is 1. The number of nitrogens with two attached hydrogens (primary N) is 1. The Morgan fingerprint density at radius 1 is 1.14 bits per heavy atom. The van der Waals surface area contributed by atoms with Gasteiger partial charge in [0, 0.05) is 0 Å². The molecule has 22 heavy (non-hydrogen) atoms. The highest BCUT2D eigenvalue weighted by Gasteiger charge is 2.00. The predicted octanol–water partition coefficient (Wildman–Crippen LogP) is 2.02. The highest BCUT2D eigenvalue weighted by Crippen LogP contribution is 2.16. The highest BCUT2D eigenvalue weighted by molar-refractivity contribution is 5.75. The third-order valence-electron chi connectivity index (χ3n) is 3.08. The molecule has 1 amide bonds. The summed E-state index contributed by atoms with van der Waals surface area (Å²) in [6.45, 7) is 1.16. The van der Waals surface area contributed by atoms with Gasteiger partial charge in [-0.2, -0.15) is 0 Å². The number of hydrogen-bond donors (Lipinski definition) is 2. The number of amides is 1. The van der Waals surface area contributed by atoms with E-state index < -0.39 is 0 Å². The summed E-state index contributed by atoms with van der Waals surface area (Å²) in [4.78, 5) is 10.6. The summed E-state index contributed by atoms with van der Waals surface area (Å²) in [5.74, 6) is 0.0965. The van der Waals surface area contributed by atoms with Crippen molar-refractivity contribution in [2.24, 2.45) is 5.73 Å². The standard InChI is InChI=1S/C17H19FN2O2/c18-15-5-1-4-14(9-15)12-22-16-6-2-3-13(10-16)7-8-20-11-17(19)21/h1-6,9-10,20H,7-8,11-12H2,(H2,19,21). The molecule has 0 aliphatic carbocycles. The molecule has 0 atom stereocenters. The number of benzene rings is 2. The molecule has 0 unspecified atom stereocenters. The van der Waals surface area contributed by atoms with Crippen LogP contribution >= 0.6 is 0 Å². The smallest absolute Gasteiger partial charge is 0.231 e. The lowest BCUT2D eigenvalue weighted by Gasteiger charge is -2.09. The second-order valence-electron chi connectivity index (χ2n) is 4.96. The van der Waals surface area contributed by atoms with Crippen LogP contribution in [0.3, 0.4) is 0 Å². The van der Waals surface area contributed by atoms with Crippen LogP contribution in [0.15, 0.2) is 48.5 Å². The zero-order valence-electron chi connectivity index (χ0n) is 12.2. The van der Waals surface area contributed by atoms with Crippen molar-refractivity contribution in [1.29, 1.82) is 0 Å². The number of nitrogens with one attached hydrogen (secondary N) is 1. The lowest BCUT2D eigenvalue weighted by molar-refractivity contribution is -0.117. The van der Waals surface area contributed by atoms with Crippen LogP contribution < -0.4 is 15.8 Å². The number of primary amides is 1. The Morgan fingerprint density at radius 3 is 2.68 bits per heavy atom. The minimum absolute atomic E-state index is 0.176. The van der Waals surface area contributed by atoms with E-state index in [4.69, 9.17) is 10.5 Å². The van der Waals surface area contributed by atoms with Gasteiger partial charge in [-0.1, -0.05) is 24.3 Å². The molecule has 2 aromatic carbocycles. The van der Waals surface area contributed by atoms with Crippen LogP contribution in [0, 0.1) is 5.82 Å². The van der Waals surface area contributed by atoms with E-state index in [0.29, 0.717) is 13.2 Å². The molecule has 3 N–H and O–H groups in total. The normalized spacial score (nSPS) is 10.4. The Kier molecular flexibility index (Phi) is 5.91. The number of halogens is 1. The molecular weight excluding hydrogens is 283 g/mol. The maximum Gasteiger partial charge on any atom is 0.231 e. The van der Waals surface area contributed by atoms with Crippen LogP contribution in [-0.2, 0) is 17.8 Å². The van der Waals surface area contributed by atoms with Crippen molar-refractivity contribution in [1.82, 2.24) is 5.32 Å². The average Bonchev–Trinajstić information content (AvgIpc) is 2.50. The average molecular weight is 302 g/mol. The molecule has 0 fully saturated rings. The summed E-state index contributed by atoms with van der Waals surface area (Å²) in [7, 11) is 0. The Morgan fingerprint density at radius 2 is 1.91 bits per heavy atom. The van der Waals surface area contributed by atoms with E-state index in [2.05, 4.69) is 5.32 Å². The molecule has 2 aromatic rings. The molecule has 0 spiro atoms. The topological polar surface area (TPSA) is 64.4 Å². The van der Waals surface area contributed by atoms with Gasteiger partial charge < -0.3 is 15.8 Å². The first kappa shape index (κ1) is 16.0. The summed E-state index contributed by atoms with van der Waals surface area (Å²) in [5, 5.41) is 2.96. The van der Waals surface area contributed by atoms with Gasteiger partial charge in [-0.25, -0.2) is 4.39 Å². The van der Waals surface area contributed by atoms with Crippen LogP contribution in [0.5, 0.6) is 5.75 Å². The van der Waals surface area contributed by atoms with Crippen molar-refractivity contribution < 1.29 is 13.9 Å². The first-order valence-electron chi connectivity index (χ1n) is 7.09. The molecule has 0 radical (unpaired) electrons. The van der Waals surface area contributed by atoms with Gasteiger partial charge in [0.25, 0.3) is 0 Å². The van der Waals surface area contributed by atoms with Crippen molar-refractivity contribution in [3.05, 3.63) is 65.5 Å². The minimum Gasteiger partial charge on any atom is -0.489 e. The fourth-order valence-corrected chi connectivity index (χ4v) is 2.03. The SMILES string of the molecule is NC(=O)CNCCc1cccc(OCc2cccc(F)c2)c1. The molecule has 4 nitrogen and oxygen atoms in total. The van der Waals surface area contributed by atoms with E-state index in [1.54, 1.807) is 6.07 Å². The molecule has 0 aliphatic rings. The fourth-order valence-electron chi connectivity index (χ4n) is 2.03. The van der Waals surface area contributed by atoms with Gasteiger partial charge in [-0.05, 0) is 48.4 Å². The maximum absolute atomic E-state index is 13.1. The molecule has 0 saturated heterocycles. The summed E-state index contributed by atoms with van der Waals surface area (Å²) in [5.41, 5.74) is 6.93. The molecule has 2 rings (SSSR count). The van der Waals surface area contributed by atoms with Crippen molar-refractivity contribution in [3.8, 4) is 5.75 Å². The highest BCUT2D eigenvalue weighted by atomic mass is 19.1. The Balaban J connectivity index is 1.84. The Bertz CT molecular complexity index is 632. The number of rotatable bonds is 8. The van der Waals surface area contributed by atoms with Crippen LogP contribution in [0.4, 0.5) is 4.39 Å². The number of hydrogen-bond acceptors (Lipinski definition) is 3. The molecule has 0 heterocycles. The second-order valence-corrected chi connectivity index (χ2v) is 4.96. The molecule has 5 heteroatoms. The molecule has 116 valence electrons. The van der Waals surface area contributed by atoms with Gasteiger partial charge in [-0.3, -0.25) is 4.79 Å². The third-order valence-corrected chi connectivity index (χ3v) is 3.08. The van der Waals surface area contributed by atoms with E-state index in [9.17, 15) is 9.18 Å². The van der Waals surface area contributed by atoms with Crippen LogP contribution in [-0.4, -0.2) is 19.0 Å². The van der Waals surface area contributed by atoms with Crippen molar-refractivity contribution in [3.63, 3.8) is 0 Å². The zero-order chi connectivity index (χ0) is 15.8. The van der Waals surface area contributed by atoms with Gasteiger partial charge in [-0.15, -0.1) is 0 Å². The van der Waals surface area contributed by atoms with E-state index in [0.717, 1.165) is 23.3 Å². The minimum atomic E-state index is -0.368. The monoisotopic (exact) mass is 302 g/mol. The van der Waals surface area contributed by atoms with Gasteiger partial charge in [0.1, 0.15) is 18.2 Å². The largest absolute Gasteiger partial charge is 0.489 e. The molecule has 0 bridgehead atoms. The van der Waals surface area contributed by atoms with Crippen LogP contribution in [0.25, 0.3) is 0 Å². The molecule has 0 saturated carbocycles. The first-order chi connectivity index (χ1) is 10.6. The number of carbonyl (C=O) groups excluding carboxylic acids is 1. The van der Waals surface area contributed by atoms with Crippen molar-refractivity contribution in [2.45, 2.75) is 13.0 Å². The summed E-state index contributed by atoms with van der Waals surface area (Å²) >= 11 is 0. The molecular formula is C17H19FN2O2. The van der Waals surface area contributed by atoms with E-state index >= 15 is 0 Å². The Hall–Kier alpha value is -2.40. The zero-order valence-corrected chi connectivity index (χ0v) is 12.2. The van der Waals surface area contributed by atoms with E-state index in [1.165, 1.54) is 12.1 Å². The van der Waals surface area contributed by atoms with Crippen LogP contribution in [0.2, 0.25) is 0 Å². The first-order valence-corrected chi connectivity index (χ1v) is 7.09. The summed E-state index contributed by atoms with van der Waals surface area (Å²) in [6.07, 6.45) is 0.768. The molecule has 0 aliphatic heterocycles. The lowest BCUT2D eigenvalue weighted by atomic mass is 10.1. The van der Waals surface area contributed by atoms with E-state index in [-0.39, 0.29) is 18.3 Å². The summed E-state index contributed by atoms with van der Waals surface area (Å²) < 4.78 is 18.8. The van der Waals surface area contributed by atoms with Gasteiger partial charge >= 0.3 is 0 Å². The Labute approximate surface area is 129 Å². The predicted molar refractivity (Wildman–Crippen MR) is 82.9 cm³/mol. The van der Waals surface area contributed by atoms with Crippen LogP contribution in [0.1, 0.15) is 11.1 Å². The van der Waals surface area contributed by atoms with Crippen molar-refractivity contribution >= 4 is 5.91 Å². The van der Waals surface area contributed by atoms with Gasteiger partial charge in [0.2, 0.25) is 5.91 Å². The third kappa shape index (κ3) is 5.54. The second kappa shape index (κ2) is 8.14. The van der Waals surface area contributed by atoms with E-state index in [1.807, 2.05) is 30.3 Å². The van der Waals surface area contributed by atoms with Crippen molar-refractivity contribution in [2.75, 3.05) is 13.1 Å². The van der Waals surface area contributed by atoms with Gasteiger partial charge in [0.05, 0.1) is 6.54 Å². The quantitative estimate of drug-likeness (QED) is 0.733. The van der Waals surface area contributed by atoms with Gasteiger partial charge in [0.15, 0.2) is 0 Å².